The zero-order valence-corrected chi connectivity index (χ0v) is 23.4. The summed E-state index contributed by atoms with van der Waals surface area (Å²) in [6.07, 6.45) is 3.91. The Kier molecular flexibility index (Phi) is 8.26. The average Bonchev–Trinajstić information content (AvgIpc) is 3.47. The fourth-order valence-electron chi connectivity index (χ4n) is 4.44. The monoisotopic (exact) mass is 554 g/mol. The molecule has 1 N–H and O–H groups in total. The number of carbonyl (C=O) groups is 1. The van der Waals surface area contributed by atoms with E-state index in [1.165, 1.54) is 11.8 Å². The number of aliphatic hydroxyl groups is 1. The normalized spacial score (nSPS) is 15.3. The molecule has 0 saturated carbocycles. The number of esters is 1. The molecule has 0 aliphatic carbocycles. The molecule has 0 fully saturated rings. The number of nitrogens with zero attached hydrogens (tertiary/aromatic N) is 2. The Morgan fingerprint density at radius 1 is 1.02 bits per heavy atom. The van der Waals surface area contributed by atoms with Crippen LogP contribution in [0.5, 0.6) is 11.5 Å². The van der Waals surface area contributed by atoms with E-state index in [9.17, 15) is 9.90 Å². The lowest BCUT2D eigenvalue weighted by Crippen LogP contribution is -2.12. The van der Waals surface area contributed by atoms with E-state index in [0.29, 0.717) is 40.3 Å². The molecule has 0 saturated heterocycles. The summed E-state index contributed by atoms with van der Waals surface area (Å²) in [7, 11) is 1.62. The third-order valence-electron chi connectivity index (χ3n) is 6.40. The molecular weight excluding hydrogens is 524 g/mol. The van der Waals surface area contributed by atoms with Crippen LogP contribution in [-0.2, 0) is 16.1 Å². The number of methoxy groups -OCH3 is 1. The van der Waals surface area contributed by atoms with Gasteiger partial charge in [-0.1, -0.05) is 59.8 Å². The third-order valence-corrected chi connectivity index (χ3v) is 7.42. The van der Waals surface area contributed by atoms with E-state index < -0.39 is 5.97 Å². The topological polar surface area (TPSA) is 82.3 Å². The molecule has 0 unspecified atom stereocenters. The van der Waals surface area contributed by atoms with Crippen molar-refractivity contribution in [3.8, 4) is 11.5 Å². The summed E-state index contributed by atoms with van der Waals surface area (Å²) in [5.41, 5.74) is 3.81. The Balaban J connectivity index is 1.46. The van der Waals surface area contributed by atoms with E-state index >= 15 is 0 Å². The van der Waals surface area contributed by atoms with Crippen molar-refractivity contribution in [2.45, 2.75) is 20.4 Å². The maximum absolute atomic E-state index is 12.8. The summed E-state index contributed by atoms with van der Waals surface area (Å²) >= 11 is 1.25. The van der Waals surface area contributed by atoms with E-state index in [4.69, 9.17) is 14.2 Å². The summed E-state index contributed by atoms with van der Waals surface area (Å²) in [6, 6.07) is 23.3. The van der Waals surface area contributed by atoms with Crippen LogP contribution in [0.1, 0.15) is 18.1 Å². The van der Waals surface area contributed by atoms with Gasteiger partial charge >= 0.3 is 5.97 Å². The number of aliphatic imine (C=N–C) groups is 1. The highest BCUT2D eigenvalue weighted by atomic mass is 32.2. The first-order chi connectivity index (χ1) is 19.5. The smallest absolute Gasteiger partial charge is 0.344 e. The molecule has 1 aromatic heterocycles. The number of aryl methyl sites for hydroxylation is 1. The average molecular weight is 555 g/mol. The fourth-order valence-corrected chi connectivity index (χ4v) is 5.46. The number of para-hydroxylation sites is 3. The molecule has 0 bridgehead atoms. The Hall–Kier alpha value is -4.43. The van der Waals surface area contributed by atoms with Crippen LogP contribution in [0.15, 0.2) is 100 Å². The Labute approximate surface area is 237 Å². The second-order valence-electron chi connectivity index (χ2n) is 9.10. The van der Waals surface area contributed by atoms with Crippen molar-refractivity contribution in [2.24, 2.45) is 4.99 Å². The van der Waals surface area contributed by atoms with Crippen molar-refractivity contribution < 1.29 is 24.1 Å². The van der Waals surface area contributed by atoms with E-state index in [1.807, 2.05) is 92.0 Å². The van der Waals surface area contributed by atoms with Crippen molar-refractivity contribution in [1.82, 2.24) is 4.57 Å². The molecule has 8 heteroatoms. The highest BCUT2D eigenvalue weighted by molar-refractivity contribution is 8.18. The van der Waals surface area contributed by atoms with Gasteiger partial charge in [0.1, 0.15) is 23.0 Å². The number of thioether (sulfide) groups is 1. The van der Waals surface area contributed by atoms with Crippen molar-refractivity contribution in [1.29, 1.82) is 0 Å². The number of benzene rings is 3. The summed E-state index contributed by atoms with van der Waals surface area (Å²) in [5, 5.41) is 12.6. The Morgan fingerprint density at radius 2 is 1.75 bits per heavy atom. The van der Waals surface area contributed by atoms with Crippen molar-refractivity contribution in [2.75, 3.05) is 20.3 Å². The number of ether oxygens (including phenoxy) is 3. The van der Waals surface area contributed by atoms with Crippen LogP contribution in [0.2, 0.25) is 0 Å². The van der Waals surface area contributed by atoms with Crippen LogP contribution in [0, 0.1) is 6.92 Å². The van der Waals surface area contributed by atoms with Crippen LogP contribution in [-0.4, -0.2) is 41.0 Å². The van der Waals surface area contributed by atoms with Crippen LogP contribution >= 0.6 is 11.8 Å². The first-order valence-corrected chi connectivity index (χ1v) is 13.8. The van der Waals surface area contributed by atoms with Gasteiger partial charge in [-0.05, 0) is 50.3 Å². The molecule has 5 rings (SSSR count). The summed E-state index contributed by atoms with van der Waals surface area (Å²) < 4.78 is 18.8. The maximum atomic E-state index is 12.8. The van der Waals surface area contributed by atoms with E-state index in [-0.39, 0.29) is 17.9 Å². The van der Waals surface area contributed by atoms with Crippen LogP contribution < -0.4 is 9.47 Å². The first kappa shape index (κ1) is 27.1. The second-order valence-corrected chi connectivity index (χ2v) is 10.1. The van der Waals surface area contributed by atoms with Gasteiger partial charge in [0.15, 0.2) is 11.5 Å². The largest absolute Gasteiger partial charge is 0.506 e. The van der Waals surface area contributed by atoms with Gasteiger partial charge in [-0.25, -0.2) is 9.79 Å². The SMILES string of the molecule is CCOC(=O)C1=C(O)/C(=C/c2cn(CCOc3ccccc3OC)c3ccccc23)SC1=Nc1ccc(C)cc1. The van der Waals surface area contributed by atoms with Crippen molar-refractivity contribution in [3.63, 3.8) is 0 Å². The lowest BCUT2D eigenvalue weighted by atomic mass is 10.1. The van der Waals surface area contributed by atoms with E-state index in [1.54, 1.807) is 14.0 Å². The number of hydrogen-bond donors (Lipinski definition) is 1. The van der Waals surface area contributed by atoms with Crippen molar-refractivity contribution >= 4 is 45.4 Å². The Bertz CT molecular complexity index is 1630. The number of carbonyl (C=O) groups excluding carboxylic acids is 1. The molecule has 3 aromatic carbocycles. The molecule has 0 atom stereocenters. The lowest BCUT2D eigenvalue weighted by Gasteiger charge is -2.11. The predicted octanol–water partition coefficient (Wildman–Crippen LogP) is 7.23. The third kappa shape index (κ3) is 5.77. The zero-order chi connectivity index (χ0) is 28.1. The van der Waals surface area contributed by atoms with Gasteiger partial charge in [0, 0.05) is 22.7 Å². The minimum atomic E-state index is -0.599. The quantitative estimate of drug-likeness (QED) is 0.220. The molecule has 4 aromatic rings. The molecule has 40 heavy (non-hydrogen) atoms. The number of aliphatic hydroxyl groups excluding tert-OH is 1. The highest BCUT2D eigenvalue weighted by Gasteiger charge is 2.33. The maximum Gasteiger partial charge on any atom is 0.344 e. The zero-order valence-electron chi connectivity index (χ0n) is 22.6. The standard InChI is InChI=1S/C32H30N2O5S/c1-4-38-32(36)29-30(35)28(40-31(29)33-23-15-13-21(2)14-16-23)19-22-20-34(25-10-6-5-9-24(22)25)17-18-39-27-12-8-7-11-26(27)37-3/h5-16,19-20,35H,4,17-18H2,1-3H3/b28-19-,33-31?. The first-order valence-electron chi connectivity index (χ1n) is 13.0. The van der Waals surface area contributed by atoms with Crippen LogP contribution in [0.25, 0.3) is 17.0 Å². The summed E-state index contributed by atoms with van der Waals surface area (Å²) in [4.78, 5) is 18.0. The van der Waals surface area contributed by atoms with Crippen molar-refractivity contribution in [3.05, 3.63) is 106 Å². The molecule has 0 spiro atoms. The number of hydrogen-bond acceptors (Lipinski definition) is 7. The van der Waals surface area contributed by atoms with Crippen LogP contribution in [0.3, 0.4) is 0 Å². The lowest BCUT2D eigenvalue weighted by molar-refractivity contribution is -0.138. The minimum Gasteiger partial charge on any atom is -0.506 e. The Morgan fingerprint density at radius 3 is 2.50 bits per heavy atom. The van der Waals surface area contributed by atoms with Gasteiger partial charge in [-0.2, -0.15) is 0 Å². The molecule has 1 aliphatic rings. The summed E-state index contributed by atoms with van der Waals surface area (Å²) in [5.74, 6) is 0.641. The number of fused-ring (bicyclic) bond motifs is 1. The van der Waals surface area contributed by atoms with Gasteiger partial charge in [0.05, 0.1) is 30.9 Å². The molecule has 7 nitrogen and oxygen atoms in total. The molecular formula is C32H30N2O5S. The molecule has 0 radical (unpaired) electrons. The number of aromatic nitrogens is 1. The van der Waals surface area contributed by atoms with Crippen LogP contribution in [0.4, 0.5) is 5.69 Å². The molecule has 204 valence electrons. The van der Waals surface area contributed by atoms with Gasteiger partial charge < -0.3 is 23.9 Å². The summed E-state index contributed by atoms with van der Waals surface area (Å²) in [6.45, 7) is 4.97. The van der Waals surface area contributed by atoms with Gasteiger partial charge in [0.25, 0.3) is 0 Å². The van der Waals surface area contributed by atoms with Gasteiger partial charge in [-0.15, -0.1) is 0 Å². The predicted molar refractivity (Wildman–Crippen MR) is 161 cm³/mol. The highest BCUT2D eigenvalue weighted by Crippen LogP contribution is 2.41. The van der Waals surface area contributed by atoms with Gasteiger partial charge in [-0.3, -0.25) is 0 Å². The van der Waals surface area contributed by atoms with Gasteiger partial charge in [0.2, 0.25) is 0 Å². The second kappa shape index (κ2) is 12.2. The van der Waals surface area contributed by atoms with E-state index in [0.717, 1.165) is 22.0 Å². The fraction of sp³-hybridized carbons (Fsp3) is 0.188. The number of rotatable bonds is 9. The van der Waals surface area contributed by atoms with E-state index in [2.05, 4.69) is 9.56 Å². The molecule has 0 amide bonds. The molecule has 1 aliphatic heterocycles. The minimum absolute atomic E-state index is 0.0765. The molecule has 2 heterocycles.